The number of benzene rings is 1. The van der Waals surface area contributed by atoms with Gasteiger partial charge in [0.25, 0.3) is 0 Å². The fourth-order valence-corrected chi connectivity index (χ4v) is 3.01. The quantitative estimate of drug-likeness (QED) is 0.864. The fraction of sp³-hybridized carbons (Fsp3) is 0.647. The van der Waals surface area contributed by atoms with Gasteiger partial charge < -0.3 is 15.0 Å². The number of nitrogens with zero attached hydrogens (tertiary/aromatic N) is 1. The predicted octanol–water partition coefficient (Wildman–Crippen LogP) is 2.70. The SMILES string of the molecule is COCC(CNC(C)C)N1CC(C)Cc2ccccc21. The van der Waals surface area contributed by atoms with Crippen molar-refractivity contribution in [2.75, 3.05) is 31.7 Å². The van der Waals surface area contributed by atoms with Gasteiger partial charge in [-0.15, -0.1) is 0 Å². The molecule has 1 aromatic carbocycles. The number of hydrogen-bond donors (Lipinski definition) is 1. The highest BCUT2D eigenvalue weighted by Crippen LogP contribution is 2.30. The Morgan fingerprint density at radius 2 is 2.10 bits per heavy atom. The van der Waals surface area contributed by atoms with Crippen LogP contribution >= 0.6 is 0 Å². The first kappa shape index (κ1) is 15.3. The highest BCUT2D eigenvalue weighted by atomic mass is 16.5. The number of hydrogen-bond acceptors (Lipinski definition) is 3. The van der Waals surface area contributed by atoms with Crippen molar-refractivity contribution >= 4 is 5.69 Å². The maximum absolute atomic E-state index is 5.46. The first-order valence-electron chi connectivity index (χ1n) is 7.68. The third-order valence-electron chi connectivity index (χ3n) is 3.94. The highest BCUT2D eigenvalue weighted by molar-refractivity contribution is 5.56. The lowest BCUT2D eigenvalue weighted by Gasteiger charge is -2.40. The van der Waals surface area contributed by atoms with Gasteiger partial charge in [-0.25, -0.2) is 0 Å². The normalized spacial score (nSPS) is 20.1. The Bertz CT molecular complexity index is 419. The molecule has 1 aliphatic rings. The van der Waals surface area contributed by atoms with Crippen LogP contribution in [0.2, 0.25) is 0 Å². The molecule has 0 saturated heterocycles. The first-order chi connectivity index (χ1) is 9.61. The van der Waals surface area contributed by atoms with Crippen molar-refractivity contribution in [2.45, 2.75) is 39.3 Å². The van der Waals surface area contributed by atoms with Crippen molar-refractivity contribution in [2.24, 2.45) is 5.92 Å². The lowest BCUT2D eigenvalue weighted by atomic mass is 9.92. The predicted molar refractivity (Wildman–Crippen MR) is 85.5 cm³/mol. The molecule has 3 nitrogen and oxygen atoms in total. The van der Waals surface area contributed by atoms with E-state index < -0.39 is 0 Å². The smallest absolute Gasteiger partial charge is 0.0678 e. The van der Waals surface area contributed by atoms with Gasteiger partial charge in [-0.2, -0.15) is 0 Å². The van der Waals surface area contributed by atoms with Crippen LogP contribution in [0.4, 0.5) is 5.69 Å². The molecule has 2 unspecified atom stereocenters. The summed E-state index contributed by atoms with van der Waals surface area (Å²) >= 11 is 0. The Kier molecular flexibility index (Phi) is 5.44. The van der Waals surface area contributed by atoms with Gasteiger partial charge in [0.15, 0.2) is 0 Å². The van der Waals surface area contributed by atoms with E-state index in [0.717, 1.165) is 19.7 Å². The molecule has 0 spiro atoms. The lowest BCUT2D eigenvalue weighted by Crippen LogP contribution is -2.50. The zero-order chi connectivity index (χ0) is 14.5. The minimum Gasteiger partial charge on any atom is -0.383 e. The summed E-state index contributed by atoms with van der Waals surface area (Å²) in [6.07, 6.45) is 1.18. The van der Waals surface area contributed by atoms with E-state index in [1.807, 2.05) is 0 Å². The number of anilines is 1. The van der Waals surface area contributed by atoms with Gasteiger partial charge in [0.2, 0.25) is 0 Å². The van der Waals surface area contributed by atoms with Crippen LogP contribution in [0.1, 0.15) is 26.3 Å². The maximum atomic E-state index is 5.46. The molecule has 1 aromatic rings. The van der Waals surface area contributed by atoms with Gasteiger partial charge in [-0.3, -0.25) is 0 Å². The summed E-state index contributed by atoms with van der Waals surface area (Å²) in [4.78, 5) is 2.53. The van der Waals surface area contributed by atoms with Crippen LogP contribution in [-0.4, -0.2) is 38.9 Å². The number of rotatable bonds is 6. The molecule has 0 saturated carbocycles. The molecular weight excluding hydrogens is 248 g/mol. The highest BCUT2D eigenvalue weighted by Gasteiger charge is 2.27. The van der Waals surface area contributed by atoms with Crippen LogP contribution < -0.4 is 10.2 Å². The Morgan fingerprint density at radius 1 is 1.35 bits per heavy atom. The number of para-hydroxylation sites is 1. The van der Waals surface area contributed by atoms with Gasteiger partial charge in [0, 0.05) is 31.9 Å². The molecule has 1 N–H and O–H groups in total. The molecule has 1 heterocycles. The molecular formula is C17H28N2O. The van der Waals surface area contributed by atoms with Crippen LogP contribution in [0, 0.1) is 5.92 Å². The summed E-state index contributed by atoms with van der Waals surface area (Å²) < 4.78 is 5.46. The van der Waals surface area contributed by atoms with Crippen LogP contribution in [0.15, 0.2) is 24.3 Å². The Morgan fingerprint density at radius 3 is 2.80 bits per heavy atom. The first-order valence-corrected chi connectivity index (χ1v) is 7.68. The second-order valence-corrected chi connectivity index (χ2v) is 6.26. The molecule has 112 valence electrons. The van der Waals surface area contributed by atoms with Crippen LogP contribution in [0.25, 0.3) is 0 Å². The van der Waals surface area contributed by atoms with E-state index in [1.165, 1.54) is 17.7 Å². The van der Waals surface area contributed by atoms with E-state index in [1.54, 1.807) is 7.11 Å². The molecule has 0 aliphatic carbocycles. The van der Waals surface area contributed by atoms with Crippen molar-refractivity contribution in [1.82, 2.24) is 5.32 Å². The van der Waals surface area contributed by atoms with Crippen LogP contribution in [0.5, 0.6) is 0 Å². The number of methoxy groups -OCH3 is 1. The molecule has 0 fully saturated rings. The average molecular weight is 276 g/mol. The zero-order valence-electron chi connectivity index (χ0n) is 13.2. The summed E-state index contributed by atoms with van der Waals surface area (Å²) in [6, 6.07) is 9.70. The standard InChI is InChI=1S/C17H28N2O/c1-13(2)18-10-16(12-20-4)19-11-14(3)9-15-7-5-6-8-17(15)19/h5-8,13-14,16,18H,9-12H2,1-4H3. The summed E-state index contributed by atoms with van der Waals surface area (Å²) in [5.74, 6) is 0.698. The molecule has 2 rings (SSSR count). The largest absolute Gasteiger partial charge is 0.383 e. The minimum absolute atomic E-state index is 0.395. The molecule has 0 amide bonds. The van der Waals surface area contributed by atoms with Gasteiger partial charge >= 0.3 is 0 Å². The second kappa shape index (κ2) is 7.09. The Labute approximate surface area is 123 Å². The fourth-order valence-electron chi connectivity index (χ4n) is 3.01. The maximum Gasteiger partial charge on any atom is 0.0678 e. The second-order valence-electron chi connectivity index (χ2n) is 6.26. The van der Waals surface area contributed by atoms with Crippen molar-refractivity contribution in [3.8, 4) is 0 Å². The van der Waals surface area contributed by atoms with Crippen molar-refractivity contribution < 1.29 is 4.74 Å². The van der Waals surface area contributed by atoms with E-state index in [2.05, 4.69) is 55.3 Å². The van der Waals surface area contributed by atoms with E-state index in [0.29, 0.717) is 18.0 Å². The third-order valence-corrected chi connectivity index (χ3v) is 3.94. The third kappa shape index (κ3) is 3.74. The van der Waals surface area contributed by atoms with Crippen LogP contribution in [-0.2, 0) is 11.2 Å². The van der Waals surface area contributed by atoms with E-state index in [4.69, 9.17) is 4.74 Å². The van der Waals surface area contributed by atoms with E-state index in [-0.39, 0.29) is 0 Å². The molecule has 20 heavy (non-hydrogen) atoms. The van der Waals surface area contributed by atoms with Crippen LogP contribution in [0.3, 0.4) is 0 Å². The molecule has 1 aliphatic heterocycles. The minimum atomic E-state index is 0.395. The van der Waals surface area contributed by atoms with Gasteiger partial charge in [-0.1, -0.05) is 39.0 Å². The molecule has 2 atom stereocenters. The Hall–Kier alpha value is -1.06. The van der Waals surface area contributed by atoms with Crippen molar-refractivity contribution in [1.29, 1.82) is 0 Å². The molecule has 3 heteroatoms. The number of fused-ring (bicyclic) bond motifs is 1. The monoisotopic (exact) mass is 276 g/mol. The van der Waals surface area contributed by atoms with Crippen molar-refractivity contribution in [3.63, 3.8) is 0 Å². The van der Waals surface area contributed by atoms with Crippen molar-refractivity contribution in [3.05, 3.63) is 29.8 Å². The average Bonchev–Trinajstić information content (AvgIpc) is 2.42. The molecule has 0 bridgehead atoms. The summed E-state index contributed by atoms with van der Waals surface area (Å²) in [5, 5.41) is 3.55. The number of nitrogens with one attached hydrogen (secondary N) is 1. The summed E-state index contributed by atoms with van der Waals surface area (Å²) in [5.41, 5.74) is 2.86. The van der Waals surface area contributed by atoms with Gasteiger partial charge in [0.05, 0.1) is 12.6 Å². The summed E-state index contributed by atoms with van der Waals surface area (Å²) in [7, 11) is 1.79. The summed E-state index contributed by atoms with van der Waals surface area (Å²) in [6.45, 7) is 9.56. The van der Waals surface area contributed by atoms with E-state index in [9.17, 15) is 0 Å². The lowest BCUT2D eigenvalue weighted by molar-refractivity contribution is 0.172. The Balaban J connectivity index is 2.19. The van der Waals surface area contributed by atoms with E-state index >= 15 is 0 Å². The number of ether oxygens (including phenoxy) is 1. The molecule has 0 radical (unpaired) electrons. The topological polar surface area (TPSA) is 24.5 Å². The zero-order valence-corrected chi connectivity index (χ0v) is 13.2. The van der Waals surface area contributed by atoms with Gasteiger partial charge in [-0.05, 0) is 24.0 Å². The van der Waals surface area contributed by atoms with Gasteiger partial charge in [0.1, 0.15) is 0 Å². The molecule has 0 aromatic heterocycles.